The number of hydrogen-bond donors (Lipinski definition) is 0. The lowest BCUT2D eigenvalue weighted by Crippen LogP contribution is -2.32. The quantitative estimate of drug-likeness (QED) is 0.680. The van der Waals surface area contributed by atoms with E-state index in [1.165, 1.54) is 35.1 Å². The molecule has 0 saturated heterocycles. The molecule has 0 fully saturated rings. The molecule has 0 spiro atoms. The summed E-state index contributed by atoms with van der Waals surface area (Å²) in [6.07, 6.45) is 4.90. The molecule has 0 amide bonds. The third-order valence-electron chi connectivity index (χ3n) is 4.24. The molecule has 0 radical (unpaired) electrons. The van der Waals surface area contributed by atoms with Gasteiger partial charge >= 0.3 is 0 Å². The molecule has 2 aromatic rings. The zero-order chi connectivity index (χ0) is 16.6. The second-order valence-electron chi connectivity index (χ2n) is 7.40. The number of aryl methyl sites for hydroxylation is 2. The number of aromatic nitrogens is 2. The van der Waals surface area contributed by atoms with Crippen LogP contribution in [0.25, 0.3) is 10.2 Å². The average molecular weight is 352 g/mol. The molecule has 3 rings (SSSR count). The summed E-state index contributed by atoms with van der Waals surface area (Å²) < 4.78 is 0. The van der Waals surface area contributed by atoms with Crippen molar-refractivity contribution >= 4 is 39.0 Å². The Bertz CT molecular complexity index is 683. The summed E-state index contributed by atoms with van der Waals surface area (Å²) in [4.78, 5) is 14.2. The van der Waals surface area contributed by atoms with Gasteiger partial charge in [-0.05, 0) is 54.7 Å². The van der Waals surface area contributed by atoms with Crippen molar-refractivity contribution in [1.29, 1.82) is 0 Å². The summed E-state index contributed by atoms with van der Waals surface area (Å²) in [6.45, 7) is 11.1. The lowest BCUT2D eigenvalue weighted by Gasteiger charge is -2.28. The molecule has 3 nitrogen and oxygen atoms in total. The van der Waals surface area contributed by atoms with Gasteiger partial charge in [0.15, 0.2) is 0 Å². The van der Waals surface area contributed by atoms with E-state index in [0.717, 1.165) is 30.2 Å². The van der Waals surface area contributed by atoms with Crippen LogP contribution in [-0.2, 0) is 12.8 Å². The van der Waals surface area contributed by atoms with E-state index in [9.17, 15) is 0 Å². The van der Waals surface area contributed by atoms with Crippen LogP contribution in [0.2, 0.25) is 5.28 Å². The van der Waals surface area contributed by atoms with Gasteiger partial charge < -0.3 is 4.90 Å². The highest BCUT2D eigenvalue weighted by Gasteiger charge is 2.24. The third-order valence-corrected chi connectivity index (χ3v) is 5.59. The molecule has 0 atom stereocenters. The lowest BCUT2D eigenvalue weighted by atomic mass is 9.96. The van der Waals surface area contributed by atoms with Crippen LogP contribution in [0, 0.1) is 11.8 Å². The van der Waals surface area contributed by atoms with Crippen molar-refractivity contribution in [2.45, 2.75) is 53.4 Å². The maximum absolute atomic E-state index is 6.26. The van der Waals surface area contributed by atoms with Crippen LogP contribution in [-0.4, -0.2) is 23.1 Å². The van der Waals surface area contributed by atoms with Gasteiger partial charge in [-0.1, -0.05) is 27.7 Å². The number of thiophene rings is 1. The minimum Gasteiger partial charge on any atom is -0.355 e. The molecule has 126 valence electrons. The predicted octanol–water partition coefficient (Wildman–Crippen LogP) is 5.34. The summed E-state index contributed by atoms with van der Waals surface area (Å²) in [5.74, 6) is 2.24. The number of rotatable bonds is 5. The first kappa shape index (κ1) is 17.0. The fraction of sp³-hybridized carbons (Fsp3) is 0.667. The van der Waals surface area contributed by atoms with Gasteiger partial charge in [0.05, 0.1) is 5.39 Å². The van der Waals surface area contributed by atoms with Crippen molar-refractivity contribution in [2.24, 2.45) is 11.8 Å². The maximum Gasteiger partial charge on any atom is 0.225 e. The molecule has 0 N–H and O–H groups in total. The molecule has 2 heterocycles. The predicted molar refractivity (Wildman–Crippen MR) is 101 cm³/mol. The second-order valence-corrected chi connectivity index (χ2v) is 8.82. The normalized spacial score (nSPS) is 14.7. The first-order valence-electron chi connectivity index (χ1n) is 8.68. The fourth-order valence-electron chi connectivity index (χ4n) is 3.47. The Labute approximate surface area is 148 Å². The smallest absolute Gasteiger partial charge is 0.225 e. The largest absolute Gasteiger partial charge is 0.355 e. The van der Waals surface area contributed by atoms with Gasteiger partial charge in [0.1, 0.15) is 10.6 Å². The Morgan fingerprint density at radius 3 is 2.35 bits per heavy atom. The van der Waals surface area contributed by atoms with Crippen LogP contribution in [0.1, 0.15) is 51.0 Å². The fourth-order valence-corrected chi connectivity index (χ4v) is 4.94. The molecule has 0 bridgehead atoms. The van der Waals surface area contributed by atoms with E-state index >= 15 is 0 Å². The van der Waals surface area contributed by atoms with E-state index in [1.54, 1.807) is 0 Å². The molecule has 1 aliphatic carbocycles. The Kier molecular flexibility index (Phi) is 5.12. The zero-order valence-corrected chi connectivity index (χ0v) is 16.1. The Balaban J connectivity index is 2.14. The van der Waals surface area contributed by atoms with Gasteiger partial charge in [-0.3, -0.25) is 0 Å². The highest BCUT2D eigenvalue weighted by atomic mass is 35.5. The highest BCUT2D eigenvalue weighted by molar-refractivity contribution is 7.19. The first-order valence-corrected chi connectivity index (χ1v) is 9.88. The molecule has 0 saturated carbocycles. The molecule has 5 heteroatoms. The molecule has 2 aromatic heterocycles. The van der Waals surface area contributed by atoms with Gasteiger partial charge in [0, 0.05) is 18.0 Å². The van der Waals surface area contributed by atoms with Crippen LogP contribution < -0.4 is 4.90 Å². The molecular formula is C18H26ClN3S. The summed E-state index contributed by atoms with van der Waals surface area (Å²) in [5.41, 5.74) is 1.49. The minimum atomic E-state index is 0.378. The van der Waals surface area contributed by atoms with E-state index < -0.39 is 0 Å². The SMILES string of the molecule is CC(C)CN(CC(C)C)c1nc(Cl)nc2sc3c(c12)CCCC3. The van der Waals surface area contributed by atoms with Crippen LogP contribution in [0.3, 0.4) is 0 Å². The number of hydrogen-bond acceptors (Lipinski definition) is 4. The number of fused-ring (bicyclic) bond motifs is 3. The Morgan fingerprint density at radius 1 is 1.04 bits per heavy atom. The van der Waals surface area contributed by atoms with Gasteiger partial charge in [-0.25, -0.2) is 4.98 Å². The molecule has 0 aliphatic heterocycles. The average Bonchev–Trinajstić information content (AvgIpc) is 2.82. The van der Waals surface area contributed by atoms with E-state index in [-0.39, 0.29) is 0 Å². The molecule has 0 aromatic carbocycles. The molecule has 23 heavy (non-hydrogen) atoms. The third kappa shape index (κ3) is 3.63. The van der Waals surface area contributed by atoms with Crippen LogP contribution in [0.15, 0.2) is 0 Å². The summed E-state index contributed by atoms with van der Waals surface area (Å²) in [7, 11) is 0. The second kappa shape index (κ2) is 6.94. The minimum absolute atomic E-state index is 0.378. The number of halogens is 1. The Morgan fingerprint density at radius 2 is 1.70 bits per heavy atom. The number of anilines is 1. The standard InChI is InChI=1S/C18H26ClN3S/c1-11(2)9-22(10-12(3)4)16-15-13-7-5-6-8-14(13)23-17(15)21-18(19)20-16/h11-12H,5-10H2,1-4H3. The van der Waals surface area contributed by atoms with Crippen molar-refractivity contribution in [3.05, 3.63) is 15.7 Å². The van der Waals surface area contributed by atoms with Crippen molar-refractivity contribution in [3.63, 3.8) is 0 Å². The van der Waals surface area contributed by atoms with Gasteiger partial charge in [-0.15, -0.1) is 11.3 Å². The lowest BCUT2D eigenvalue weighted by molar-refractivity contribution is 0.549. The van der Waals surface area contributed by atoms with E-state index in [1.807, 2.05) is 11.3 Å². The monoisotopic (exact) mass is 351 g/mol. The molecular weight excluding hydrogens is 326 g/mol. The van der Waals surface area contributed by atoms with Crippen LogP contribution in [0.5, 0.6) is 0 Å². The van der Waals surface area contributed by atoms with Crippen LogP contribution >= 0.6 is 22.9 Å². The maximum atomic E-state index is 6.26. The number of nitrogens with zero attached hydrogens (tertiary/aromatic N) is 3. The summed E-state index contributed by atoms with van der Waals surface area (Å²) in [6, 6.07) is 0. The Hall–Kier alpha value is -0.870. The molecule has 1 aliphatic rings. The van der Waals surface area contributed by atoms with Crippen LogP contribution in [0.4, 0.5) is 5.82 Å². The zero-order valence-electron chi connectivity index (χ0n) is 14.5. The van der Waals surface area contributed by atoms with E-state index in [2.05, 4.69) is 42.6 Å². The first-order chi connectivity index (χ1) is 11.0. The summed E-state index contributed by atoms with van der Waals surface area (Å²) >= 11 is 8.08. The van der Waals surface area contributed by atoms with Crippen molar-refractivity contribution in [3.8, 4) is 0 Å². The van der Waals surface area contributed by atoms with E-state index in [4.69, 9.17) is 11.6 Å². The molecule has 0 unspecified atom stereocenters. The summed E-state index contributed by atoms with van der Waals surface area (Å²) in [5, 5.41) is 1.65. The van der Waals surface area contributed by atoms with Crippen molar-refractivity contribution in [1.82, 2.24) is 9.97 Å². The van der Waals surface area contributed by atoms with Gasteiger partial charge in [0.2, 0.25) is 5.28 Å². The van der Waals surface area contributed by atoms with E-state index in [0.29, 0.717) is 17.1 Å². The van der Waals surface area contributed by atoms with Crippen molar-refractivity contribution < 1.29 is 0 Å². The highest BCUT2D eigenvalue weighted by Crippen LogP contribution is 2.40. The van der Waals surface area contributed by atoms with Crippen molar-refractivity contribution in [2.75, 3.05) is 18.0 Å². The van der Waals surface area contributed by atoms with Gasteiger partial charge in [0.25, 0.3) is 0 Å². The van der Waals surface area contributed by atoms with Gasteiger partial charge in [-0.2, -0.15) is 4.98 Å². The topological polar surface area (TPSA) is 29.0 Å².